The van der Waals surface area contributed by atoms with Gasteiger partial charge in [-0.15, -0.1) is 0 Å². The number of hydrogen-bond acceptors (Lipinski definition) is 3. The largest absolute Gasteiger partial charge is 0.312 e. The van der Waals surface area contributed by atoms with Crippen molar-refractivity contribution in [2.45, 2.75) is 20.0 Å². The highest BCUT2D eigenvalue weighted by atomic mass is 32.2. The molecule has 2 aromatic rings. The van der Waals surface area contributed by atoms with Gasteiger partial charge in [-0.05, 0) is 5.56 Å². The predicted octanol–water partition coefficient (Wildman–Crippen LogP) is 1.79. The molecule has 0 saturated heterocycles. The number of nitrogens with zero attached hydrogens (tertiary/aromatic N) is 2. The summed E-state index contributed by atoms with van der Waals surface area (Å²) in [7, 11) is -0.690. The number of aromatic nitrogens is 2. The van der Waals surface area contributed by atoms with Crippen LogP contribution in [0.1, 0.15) is 18.1 Å². The topological polar surface area (TPSA) is 46.9 Å². The fraction of sp³-hybridized carbons (Fsp3) is 0.400. The van der Waals surface area contributed by atoms with Crippen LogP contribution in [0.2, 0.25) is 0 Å². The summed E-state index contributed by atoms with van der Waals surface area (Å²) in [6.45, 7) is 4.30. The molecule has 1 unspecified atom stereocenters. The van der Waals surface area contributed by atoms with Gasteiger partial charge in [0.05, 0.1) is 12.7 Å². The maximum Gasteiger partial charge on any atom is 0.0659 e. The van der Waals surface area contributed by atoms with Crippen molar-refractivity contribution in [1.29, 1.82) is 0 Å². The van der Waals surface area contributed by atoms with Crippen molar-refractivity contribution in [3.63, 3.8) is 0 Å². The number of hydrogen-bond donors (Lipinski definition) is 1. The van der Waals surface area contributed by atoms with E-state index in [0.29, 0.717) is 5.75 Å². The summed E-state index contributed by atoms with van der Waals surface area (Å²) >= 11 is 0. The molecule has 1 heterocycles. The summed E-state index contributed by atoms with van der Waals surface area (Å²) in [5, 5.41) is 7.66. The molecule has 5 heteroatoms. The van der Waals surface area contributed by atoms with Crippen molar-refractivity contribution < 1.29 is 4.21 Å². The van der Waals surface area contributed by atoms with Crippen LogP contribution in [0.5, 0.6) is 0 Å². The van der Waals surface area contributed by atoms with E-state index in [0.717, 1.165) is 31.0 Å². The number of benzene rings is 1. The minimum Gasteiger partial charge on any atom is -0.312 e. The minimum absolute atomic E-state index is 0.690. The van der Waals surface area contributed by atoms with Gasteiger partial charge in [0.25, 0.3) is 0 Å². The first kappa shape index (κ1) is 14.9. The summed E-state index contributed by atoms with van der Waals surface area (Å²) < 4.78 is 13.2. The standard InChI is InChI=1S/C15H21N3OS/c1-2-20(19)9-8-16-10-15-11-17-18(13-15)12-14-6-4-3-5-7-14/h3-7,11,13,16H,2,8-10,12H2,1H3. The zero-order valence-electron chi connectivity index (χ0n) is 11.8. The second kappa shape index (κ2) is 7.97. The third-order valence-corrected chi connectivity index (χ3v) is 4.34. The first-order valence-electron chi connectivity index (χ1n) is 6.89. The van der Waals surface area contributed by atoms with E-state index in [-0.39, 0.29) is 0 Å². The first-order chi connectivity index (χ1) is 9.78. The minimum atomic E-state index is -0.690. The Bertz CT molecular complexity index is 539. The predicted molar refractivity (Wildman–Crippen MR) is 83.0 cm³/mol. The van der Waals surface area contributed by atoms with E-state index in [2.05, 4.69) is 28.7 Å². The van der Waals surface area contributed by atoms with Crippen LogP contribution in [0, 0.1) is 0 Å². The molecule has 0 fully saturated rings. The van der Waals surface area contributed by atoms with Crippen LogP contribution >= 0.6 is 0 Å². The van der Waals surface area contributed by atoms with Crippen LogP contribution in [-0.4, -0.2) is 32.0 Å². The molecule has 1 N–H and O–H groups in total. The Hall–Kier alpha value is -1.46. The van der Waals surface area contributed by atoms with Crippen LogP contribution in [0.25, 0.3) is 0 Å². The Morgan fingerprint density at radius 1 is 1.25 bits per heavy atom. The van der Waals surface area contributed by atoms with Gasteiger partial charge in [-0.2, -0.15) is 5.10 Å². The maximum atomic E-state index is 11.3. The zero-order valence-corrected chi connectivity index (χ0v) is 12.6. The Kier molecular flexibility index (Phi) is 5.95. The second-order valence-electron chi connectivity index (χ2n) is 4.64. The Morgan fingerprint density at radius 2 is 2.05 bits per heavy atom. The van der Waals surface area contributed by atoms with E-state index < -0.39 is 10.8 Å². The average Bonchev–Trinajstić information content (AvgIpc) is 2.92. The molecule has 0 aliphatic carbocycles. The zero-order chi connectivity index (χ0) is 14.2. The third-order valence-electron chi connectivity index (χ3n) is 3.03. The van der Waals surface area contributed by atoms with Crippen LogP contribution in [0.15, 0.2) is 42.7 Å². The highest BCUT2D eigenvalue weighted by Gasteiger charge is 2.00. The van der Waals surface area contributed by atoms with Crippen LogP contribution in [0.4, 0.5) is 0 Å². The summed E-state index contributed by atoms with van der Waals surface area (Å²) in [6, 6.07) is 10.3. The lowest BCUT2D eigenvalue weighted by molar-refractivity contribution is 0.672. The van der Waals surface area contributed by atoms with Gasteiger partial charge in [0, 0.05) is 47.2 Å². The van der Waals surface area contributed by atoms with Gasteiger partial charge >= 0.3 is 0 Å². The molecule has 0 aliphatic rings. The number of rotatable bonds is 8. The fourth-order valence-electron chi connectivity index (χ4n) is 1.92. The maximum absolute atomic E-state index is 11.3. The van der Waals surface area contributed by atoms with Crippen molar-refractivity contribution in [3.8, 4) is 0 Å². The van der Waals surface area contributed by atoms with Gasteiger partial charge in [0.1, 0.15) is 0 Å². The molecular formula is C15H21N3OS. The molecule has 0 spiro atoms. The Balaban J connectivity index is 1.76. The van der Waals surface area contributed by atoms with Gasteiger partial charge < -0.3 is 5.32 Å². The lowest BCUT2D eigenvalue weighted by Gasteiger charge is -2.02. The fourth-order valence-corrected chi connectivity index (χ4v) is 2.58. The Labute approximate surface area is 122 Å². The second-order valence-corrected chi connectivity index (χ2v) is 6.51. The third kappa shape index (κ3) is 4.90. The molecule has 2 rings (SSSR count). The quantitative estimate of drug-likeness (QED) is 0.754. The lowest BCUT2D eigenvalue weighted by atomic mass is 10.2. The summed E-state index contributed by atoms with van der Waals surface area (Å²) in [6.07, 6.45) is 3.93. The van der Waals surface area contributed by atoms with E-state index in [1.165, 1.54) is 5.56 Å². The van der Waals surface area contributed by atoms with Gasteiger partial charge in [-0.1, -0.05) is 37.3 Å². The van der Waals surface area contributed by atoms with Gasteiger partial charge in [-0.25, -0.2) is 0 Å². The molecular weight excluding hydrogens is 270 g/mol. The first-order valence-corrected chi connectivity index (χ1v) is 8.37. The molecule has 0 radical (unpaired) electrons. The highest BCUT2D eigenvalue weighted by molar-refractivity contribution is 7.84. The molecule has 4 nitrogen and oxygen atoms in total. The summed E-state index contributed by atoms with van der Waals surface area (Å²) in [5.41, 5.74) is 2.40. The molecule has 1 aromatic heterocycles. The van der Waals surface area contributed by atoms with Gasteiger partial charge in [-0.3, -0.25) is 8.89 Å². The van der Waals surface area contributed by atoms with E-state index in [1.54, 1.807) is 0 Å². The van der Waals surface area contributed by atoms with Crippen molar-refractivity contribution >= 4 is 10.8 Å². The van der Waals surface area contributed by atoms with Gasteiger partial charge in [0.2, 0.25) is 0 Å². The molecule has 20 heavy (non-hydrogen) atoms. The van der Waals surface area contributed by atoms with Crippen molar-refractivity contribution in [3.05, 3.63) is 53.9 Å². The Morgan fingerprint density at radius 3 is 2.80 bits per heavy atom. The molecule has 0 aliphatic heterocycles. The van der Waals surface area contributed by atoms with Crippen molar-refractivity contribution in [2.24, 2.45) is 0 Å². The van der Waals surface area contributed by atoms with E-state index in [1.807, 2.05) is 36.0 Å². The molecule has 1 atom stereocenters. The normalized spacial score (nSPS) is 12.4. The molecule has 1 aromatic carbocycles. The molecule has 0 amide bonds. The van der Waals surface area contributed by atoms with E-state index >= 15 is 0 Å². The van der Waals surface area contributed by atoms with E-state index in [9.17, 15) is 4.21 Å². The monoisotopic (exact) mass is 291 g/mol. The van der Waals surface area contributed by atoms with Gasteiger partial charge in [0.15, 0.2) is 0 Å². The number of nitrogens with one attached hydrogen (secondary N) is 1. The molecule has 108 valence electrons. The lowest BCUT2D eigenvalue weighted by Crippen LogP contribution is -2.20. The molecule has 0 bridgehead atoms. The summed E-state index contributed by atoms with van der Waals surface area (Å²) in [5.74, 6) is 1.45. The van der Waals surface area contributed by atoms with Crippen LogP contribution < -0.4 is 5.32 Å². The summed E-state index contributed by atoms with van der Waals surface area (Å²) in [4.78, 5) is 0. The van der Waals surface area contributed by atoms with Crippen LogP contribution in [-0.2, 0) is 23.9 Å². The van der Waals surface area contributed by atoms with E-state index in [4.69, 9.17) is 0 Å². The SMILES string of the molecule is CCS(=O)CCNCc1cnn(Cc2ccccc2)c1. The molecule has 0 saturated carbocycles. The van der Waals surface area contributed by atoms with Crippen molar-refractivity contribution in [2.75, 3.05) is 18.1 Å². The smallest absolute Gasteiger partial charge is 0.0659 e. The highest BCUT2D eigenvalue weighted by Crippen LogP contribution is 2.03. The van der Waals surface area contributed by atoms with Crippen LogP contribution in [0.3, 0.4) is 0 Å². The average molecular weight is 291 g/mol. The van der Waals surface area contributed by atoms with Crippen molar-refractivity contribution in [1.82, 2.24) is 15.1 Å².